The molecule has 206 valence electrons. The number of amides is 1. The molecule has 0 unspecified atom stereocenters. The molecule has 1 aliphatic rings. The Morgan fingerprint density at radius 1 is 0.974 bits per heavy atom. The Morgan fingerprint density at radius 3 is 2.31 bits per heavy atom. The lowest BCUT2D eigenvalue weighted by Gasteiger charge is -2.37. The molecule has 1 N–H and O–H groups in total. The quantitative estimate of drug-likeness (QED) is 0.229. The van der Waals surface area contributed by atoms with Crippen LogP contribution in [-0.2, 0) is 6.54 Å². The van der Waals surface area contributed by atoms with Gasteiger partial charge in [-0.25, -0.2) is 0 Å². The van der Waals surface area contributed by atoms with Crippen molar-refractivity contribution in [3.05, 3.63) is 82.2 Å². The van der Waals surface area contributed by atoms with Crippen LogP contribution in [0, 0.1) is 0 Å². The topological polar surface area (TPSA) is 50.8 Å². The van der Waals surface area contributed by atoms with Crippen LogP contribution in [0.5, 0.6) is 11.5 Å². The molecule has 1 aromatic heterocycles. The van der Waals surface area contributed by atoms with Gasteiger partial charge in [0.1, 0.15) is 16.4 Å². The zero-order chi connectivity index (χ0) is 26.6. The minimum absolute atomic E-state index is 0. The fraction of sp³-hybridized carbons (Fsp3) is 0.323. The number of halogens is 2. The molecular weight excluding hydrogens is 551 g/mol. The highest BCUT2D eigenvalue weighted by atomic mass is 35.5. The van der Waals surface area contributed by atoms with Crippen molar-refractivity contribution < 1.29 is 14.3 Å². The predicted molar refractivity (Wildman–Crippen MR) is 164 cm³/mol. The second-order valence-electron chi connectivity index (χ2n) is 9.72. The summed E-state index contributed by atoms with van der Waals surface area (Å²) < 4.78 is 12.1. The average Bonchev–Trinajstić information content (AvgIpc) is 3.32. The first kappa shape index (κ1) is 29.2. The van der Waals surface area contributed by atoms with Crippen LogP contribution < -0.4 is 14.8 Å². The number of rotatable bonds is 8. The first-order valence-electron chi connectivity index (χ1n) is 13.0. The second-order valence-corrected chi connectivity index (χ2v) is 11.2. The lowest BCUT2D eigenvalue weighted by Crippen LogP contribution is -2.44. The number of ether oxygens (including phenoxy) is 2. The Morgan fingerprint density at radius 2 is 1.67 bits per heavy atom. The van der Waals surface area contributed by atoms with E-state index in [1.165, 1.54) is 11.3 Å². The molecule has 0 atom stereocenters. The van der Waals surface area contributed by atoms with Gasteiger partial charge in [-0.2, -0.15) is 0 Å². The summed E-state index contributed by atoms with van der Waals surface area (Å²) in [5, 5.41) is 4.88. The number of hydrogen-bond acceptors (Lipinski definition) is 5. The zero-order valence-electron chi connectivity index (χ0n) is 22.4. The fourth-order valence-corrected chi connectivity index (χ4v) is 6.84. The molecule has 0 bridgehead atoms. The van der Waals surface area contributed by atoms with Crippen molar-refractivity contribution >= 4 is 51.3 Å². The Kier molecular flexibility index (Phi) is 9.78. The van der Waals surface area contributed by atoms with E-state index >= 15 is 0 Å². The van der Waals surface area contributed by atoms with Crippen LogP contribution in [-0.4, -0.2) is 44.2 Å². The Balaban J connectivity index is 0.00000353. The average molecular weight is 586 g/mol. The van der Waals surface area contributed by atoms with Crippen LogP contribution in [0.25, 0.3) is 21.2 Å². The van der Waals surface area contributed by atoms with Crippen LogP contribution in [0.3, 0.4) is 0 Å². The van der Waals surface area contributed by atoms with Crippen LogP contribution in [0.4, 0.5) is 0 Å². The summed E-state index contributed by atoms with van der Waals surface area (Å²) in [5.41, 5.74) is 3.12. The Bertz CT molecular complexity index is 1420. The monoisotopic (exact) mass is 584 g/mol. The highest BCUT2D eigenvalue weighted by Gasteiger charge is 2.32. The summed E-state index contributed by atoms with van der Waals surface area (Å²) in [4.78, 5) is 16.8. The van der Waals surface area contributed by atoms with Crippen LogP contribution in [0.15, 0.2) is 66.7 Å². The second kappa shape index (κ2) is 13.1. The molecule has 1 heterocycles. The van der Waals surface area contributed by atoms with E-state index in [1.807, 2.05) is 66.5 Å². The van der Waals surface area contributed by atoms with Gasteiger partial charge < -0.3 is 19.7 Å². The van der Waals surface area contributed by atoms with Gasteiger partial charge in [0.15, 0.2) is 0 Å². The fourth-order valence-electron chi connectivity index (χ4n) is 5.37. The summed E-state index contributed by atoms with van der Waals surface area (Å²) in [6, 6.07) is 22.7. The highest BCUT2D eigenvalue weighted by molar-refractivity contribution is 7.21. The molecule has 1 amide bonds. The number of thiophene rings is 1. The smallest absolute Gasteiger partial charge is 0.266 e. The summed E-state index contributed by atoms with van der Waals surface area (Å²) in [6.07, 6.45) is 3.96. The molecule has 5 rings (SSSR count). The van der Waals surface area contributed by atoms with E-state index in [0.29, 0.717) is 22.5 Å². The molecule has 39 heavy (non-hydrogen) atoms. The molecule has 0 spiro atoms. The van der Waals surface area contributed by atoms with Crippen molar-refractivity contribution in [2.24, 2.45) is 0 Å². The van der Waals surface area contributed by atoms with Crippen LogP contribution in [0.1, 0.15) is 40.9 Å². The number of nitrogens with zero attached hydrogens (tertiary/aromatic N) is 1. The van der Waals surface area contributed by atoms with E-state index in [4.69, 9.17) is 21.1 Å². The van der Waals surface area contributed by atoms with Gasteiger partial charge in [0, 0.05) is 34.3 Å². The van der Waals surface area contributed by atoms with Gasteiger partial charge in [0.05, 0.1) is 19.2 Å². The molecule has 4 aromatic rings. The molecule has 8 heteroatoms. The molecule has 1 aliphatic carbocycles. The number of carbonyl (C=O) groups is 1. The predicted octanol–water partition coefficient (Wildman–Crippen LogP) is 7.83. The standard InChI is InChI=1S/C31H33ClN2O3S.ClH/c1-33-23-11-13-24(14-12-23)34(31(35)30-29(32)26-6-4-5-7-28(26)38-30)19-22-18-21(10-17-27(22)37-3)20-8-15-25(36-2)16-9-20;/h4-10,15-18,23-24,33H,11-14,19H2,1-3H3;1H. The summed E-state index contributed by atoms with van der Waals surface area (Å²) >= 11 is 8.26. The molecule has 1 saturated carbocycles. The lowest BCUT2D eigenvalue weighted by atomic mass is 9.89. The van der Waals surface area contributed by atoms with Crippen LogP contribution in [0.2, 0.25) is 5.02 Å². The number of methoxy groups -OCH3 is 2. The SMILES string of the molecule is CNC1CCC(N(Cc2cc(-c3ccc(OC)cc3)ccc2OC)C(=O)c2sc3ccccc3c2Cl)CC1.Cl. The van der Waals surface area contributed by atoms with Gasteiger partial charge in [-0.05, 0) is 74.2 Å². The maximum atomic E-state index is 14.2. The van der Waals surface area contributed by atoms with Gasteiger partial charge in [-0.1, -0.05) is 48.0 Å². The maximum absolute atomic E-state index is 14.2. The Hall–Kier alpha value is -2.77. The van der Waals surface area contributed by atoms with Crippen molar-refractivity contribution in [3.63, 3.8) is 0 Å². The van der Waals surface area contributed by atoms with E-state index in [1.54, 1.807) is 14.2 Å². The van der Waals surface area contributed by atoms with E-state index < -0.39 is 0 Å². The van der Waals surface area contributed by atoms with E-state index in [9.17, 15) is 4.79 Å². The van der Waals surface area contributed by atoms with Gasteiger partial charge in [0.25, 0.3) is 5.91 Å². The molecule has 0 aliphatic heterocycles. The van der Waals surface area contributed by atoms with Crippen molar-refractivity contribution in [2.75, 3.05) is 21.3 Å². The highest BCUT2D eigenvalue weighted by Crippen LogP contribution is 2.38. The number of hydrogen-bond donors (Lipinski definition) is 1. The molecular formula is C31H34Cl2N2O3S. The molecule has 1 fully saturated rings. The minimum atomic E-state index is -0.0130. The van der Waals surface area contributed by atoms with E-state index in [-0.39, 0.29) is 24.4 Å². The van der Waals surface area contributed by atoms with Gasteiger partial charge in [-0.3, -0.25) is 4.79 Å². The number of fused-ring (bicyclic) bond motifs is 1. The number of nitrogens with one attached hydrogen (secondary N) is 1. The minimum Gasteiger partial charge on any atom is -0.497 e. The summed E-state index contributed by atoms with van der Waals surface area (Å²) in [6.45, 7) is 0.450. The van der Waals surface area contributed by atoms with E-state index in [2.05, 4.69) is 17.4 Å². The first-order valence-corrected chi connectivity index (χ1v) is 14.2. The van der Waals surface area contributed by atoms with Crippen LogP contribution >= 0.6 is 35.3 Å². The first-order chi connectivity index (χ1) is 18.5. The lowest BCUT2D eigenvalue weighted by molar-refractivity contribution is 0.0604. The largest absolute Gasteiger partial charge is 0.497 e. The van der Waals surface area contributed by atoms with Gasteiger partial charge in [-0.15, -0.1) is 23.7 Å². The van der Waals surface area contributed by atoms with Crippen molar-refractivity contribution in [1.29, 1.82) is 0 Å². The zero-order valence-corrected chi connectivity index (χ0v) is 24.8. The summed E-state index contributed by atoms with van der Waals surface area (Å²) in [5.74, 6) is 1.57. The van der Waals surface area contributed by atoms with Gasteiger partial charge in [0.2, 0.25) is 0 Å². The van der Waals surface area contributed by atoms with Crippen molar-refractivity contribution in [1.82, 2.24) is 10.2 Å². The molecule has 5 nitrogen and oxygen atoms in total. The number of carbonyl (C=O) groups excluding carboxylic acids is 1. The van der Waals surface area contributed by atoms with Crippen molar-refractivity contribution in [2.45, 2.75) is 44.3 Å². The van der Waals surface area contributed by atoms with E-state index in [0.717, 1.165) is 64.0 Å². The van der Waals surface area contributed by atoms with Gasteiger partial charge >= 0.3 is 0 Å². The Labute approximate surface area is 245 Å². The van der Waals surface area contributed by atoms with Crippen molar-refractivity contribution in [3.8, 4) is 22.6 Å². The molecule has 3 aromatic carbocycles. The molecule has 0 saturated heterocycles. The third kappa shape index (κ3) is 6.20. The normalized spacial score (nSPS) is 16.9. The third-order valence-corrected chi connectivity index (χ3v) is 9.24. The number of benzene rings is 3. The summed E-state index contributed by atoms with van der Waals surface area (Å²) in [7, 11) is 5.36. The maximum Gasteiger partial charge on any atom is 0.266 e. The molecule has 0 radical (unpaired) electrons. The third-order valence-electron chi connectivity index (χ3n) is 7.58.